The third-order valence-electron chi connectivity index (χ3n) is 3.00. The first-order valence-corrected chi connectivity index (χ1v) is 8.79. The molecule has 0 fully saturated rings. The molecule has 0 aliphatic rings. The van der Waals surface area contributed by atoms with Gasteiger partial charge in [-0.3, -0.25) is 0 Å². The molecule has 1 aromatic rings. The van der Waals surface area contributed by atoms with Gasteiger partial charge in [-0.25, -0.2) is 13.2 Å². The zero-order valence-corrected chi connectivity index (χ0v) is 14.8. The predicted octanol–water partition coefficient (Wildman–Crippen LogP) is 3.05. The van der Waals surface area contributed by atoms with Crippen molar-refractivity contribution in [3.63, 3.8) is 0 Å². The van der Waals surface area contributed by atoms with Crippen molar-refractivity contribution in [2.75, 3.05) is 12.4 Å². The predicted molar refractivity (Wildman–Crippen MR) is 84.9 cm³/mol. The summed E-state index contributed by atoms with van der Waals surface area (Å²) < 4.78 is 29.2. The van der Waals surface area contributed by atoms with Crippen LogP contribution in [-0.2, 0) is 9.84 Å². The van der Waals surface area contributed by atoms with Gasteiger partial charge in [0.25, 0.3) is 0 Å². The number of hydrogen-bond donors (Lipinski definition) is 1. The molecule has 0 heterocycles. The second kappa shape index (κ2) is 6.36. The highest BCUT2D eigenvalue weighted by Crippen LogP contribution is 2.28. The molecule has 0 atom stereocenters. The molecule has 21 heavy (non-hydrogen) atoms. The Kier molecular flexibility index (Phi) is 5.44. The van der Waals surface area contributed by atoms with Crippen molar-refractivity contribution >= 4 is 31.7 Å². The Labute approximate surface area is 133 Å². The topological polar surface area (TPSA) is 80.7 Å². The van der Waals surface area contributed by atoms with E-state index in [0.717, 1.165) is 0 Å². The first-order valence-electron chi connectivity index (χ1n) is 6.34. The fourth-order valence-electron chi connectivity index (χ4n) is 1.64. The molecule has 0 spiro atoms. The number of aromatic carboxylic acids is 1. The summed E-state index contributed by atoms with van der Waals surface area (Å²) in [7, 11) is -3.30. The molecular formula is C14H19BrO5S. The Morgan fingerprint density at radius 1 is 1.33 bits per heavy atom. The Morgan fingerprint density at radius 2 is 1.90 bits per heavy atom. The van der Waals surface area contributed by atoms with Crippen molar-refractivity contribution in [2.24, 2.45) is 0 Å². The Balaban J connectivity index is 2.93. The van der Waals surface area contributed by atoms with Gasteiger partial charge in [-0.2, -0.15) is 0 Å². The molecule has 0 unspecified atom stereocenters. The molecule has 0 radical (unpaired) electrons. The highest BCUT2D eigenvalue weighted by molar-refractivity contribution is 9.10. The SMILES string of the molecule is Cc1cc(Br)cc(C(=O)O)c1OCCS(=O)(=O)C(C)(C)C. The number of benzene rings is 1. The summed E-state index contributed by atoms with van der Waals surface area (Å²) in [5.74, 6) is -1.08. The standard InChI is InChI=1S/C14H19BrO5S/c1-9-7-10(15)8-11(13(16)17)12(9)20-5-6-21(18,19)14(2,3)4/h7-8H,5-6H2,1-4H3,(H,16,17). The quantitative estimate of drug-likeness (QED) is 0.851. The first kappa shape index (κ1) is 18.0. The summed E-state index contributed by atoms with van der Waals surface area (Å²) in [6.45, 7) is 6.49. The highest BCUT2D eigenvalue weighted by atomic mass is 79.9. The fourth-order valence-corrected chi connectivity index (χ4v) is 3.13. The van der Waals surface area contributed by atoms with E-state index in [0.29, 0.717) is 10.0 Å². The Morgan fingerprint density at radius 3 is 2.38 bits per heavy atom. The molecule has 0 saturated carbocycles. The van der Waals surface area contributed by atoms with Gasteiger partial charge in [0.2, 0.25) is 0 Å². The Bertz CT molecular complexity index is 644. The molecule has 118 valence electrons. The molecule has 0 aromatic heterocycles. The molecular weight excluding hydrogens is 360 g/mol. The van der Waals surface area contributed by atoms with E-state index in [1.54, 1.807) is 33.8 Å². The minimum absolute atomic E-state index is 0.00929. The fraction of sp³-hybridized carbons (Fsp3) is 0.500. The lowest BCUT2D eigenvalue weighted by Gasteiger charge is -2.20. The highest BCUT2D eigenvalue weighted by Gasteiger charge is 2.28. The van der Waals surface area contributed by atoms with Crippen LogP contribution in [0.1, 0.15) is 36.7 Å². The van der Waals surface area contributed by atoms with Gasteiger partial charge in [-0.15, -0.1) is 0 Å². The molecule has 1 aromatic carbocycles. The molecule has 0 aliphatic carbocycles. The van der Waals surface area contributed by atoms with E-state index in [4.69, 9.17) is 4.74 Å². The molecule has 7 heteroatoms. The summed E-state index contributed by atoms with van der Waals surface area (Å²) in [6.07, 6.45) is 0. The number of carboxylic acid groups (broad SMARTS) is 1. The zero-order chi connectivity index (χ0) is 16.4. The molecule has 0 amide bonds. The molecule has 1 rings (SSSR count). The number of sulfone groups is 1. The average molecular weight is 379 g/mol. The number of hydrogen-bond acceptors (Lipinski definition) is 4. The van der Waals surface area contributed by atoms with Crippen molar-refractivity contribution in [3.05, 3.63) is 27.7 Å². The lowest BCUT2D eigenvalue weighted by Crippen LogP contribution is -2.32. The molecule has 0 aliphatic heterocycles. The number of carbonyl (C=O) groups is 1. The maximum absolute atomic E-state index is 12.0. The van der Waals surface area contributed by atoms with E-state index in [9.17, 15) is 18.3 Å². The van der Waals surface area contributed by atoms with Crippen LogP contribution in [0.3, 0.4) is 0 Å². The van der Waals surface area contributed by atoms with Crippen molar-refractivity contribution in [3.8, 4) is 5.75 Å². The normalized spacial score (nSPS) is 12.2. The number of ether oxygens (including phenoxy) is 1. The van der Waals surface area contributed by atoms with Crippen molar-refractivity contribution < 1.29 is 23.1 Å². The third kappa shape index (κ3) is 4.44. The van der Waals surface area contributed by atoms with Gasteiger partial charge < -0.3 is 9.84 Å². The second-order valence-corrected chi connectivity index (χ2v) is 9.46. The number of halogens is 1. The third-order valence-corrected chi connectivity index (χ3v) is 6.03. The number of aryl methyl sites for hydroxylation is 1. The van der Waals surface area contributed by atoms with Crippen molar-refractivity contribution in [2.45, 2.75) is 32.4 Å². The number of carboxylic acids is 1. The summed E-state index contributed by atoms with van der Waals surface area (Å²) in [4.78, 5) is 11.2. The lowest BCUT2D eigenvalue weighted by molar-refractivity contribution is 0.0692. The van der Waals surface area contributed by atoms with Gasteiger partial charge in [0.05, 0.1) is 10.5 Å². The summed E-state index contributed by atoms with van der Waals surface area (Å²) >= 11 is 3.23. The minimum Gasteiger partial charge on any atom is -0.491 e. The summed E-state index contributed by atoms with van der Waals surface area (Å²) in [5.41, 5.74) is 0.643. The van der Waals surface area contributed by atoms with E-state index in [1.165, 1.54) is 6.07 Å². The van der Waals surface area contributed by atoms with Crippen LogP contribution >= 0.6 is 15.9 Å². The van der Waals surface area contributed by atoms with Gasteiger partial charge in [-0.1, -0.05) is 15.9 Å². The van der Waals surface area contributed by atoms with Gasteiger partial charge in [0, 0.05) is 4.47 Å². The molecule has 0 bridgehead atoms. The smallest absolute Gasteiger partial charge is 0.339 e. The van der Waals surface area contributed by atoms with Crippen LogP contribution in [0.5, 0.6) is 5.75 Å². The van der Waals surface area contributed by atoms with E-state index < -0.39 is 20.6 Å². The van der Waals surface area contributed by atoms with Gasteiger partial charge >= 0.3 is 5.97 Å². The van der Waals surface area contributed by atoms with Crippen LogP contribution in [0.2, 0.25) is 0 Å². The zero-order valence-electron chi connectivity index (χ0n) is 12.4. The summed E-state index contributed by atoms with van der Waals surface area (Å²) in [5, 5.41) is 9.18. The van der Waals surface area contributed by atoms with Crippen LogP contribution in [-0.4, -0.2) is 36.6 Å². The minimum atomic E-state index is -3.30. The number of rotatable bonds is 5. The summed E-state index contributed by atoms with van der Waals surface area (Å²) in [6, 6.07) is 3.16. The van der Waals surface area contributed by atoms with Crippen LogP contribution in [0.15, 0.2) is 16.6 Å². The van der Waals surface area contributed by atoms with Gasteiger partial charge in [-0.05, 0) is 45.4 Å². The second-order valence-electron chi connectivity index (χ2n) is 5.68. The van der Waals surface area contributed by atoms with E-state index in [2.05, 4.69) is 15.9 Å². The van der Waals surface area contributed by atoms with Crippen molar-refractivity contribution in [1.82, 2.24) is 0 Å². The maximum Gasteiger partial charge on any atom is 0.339 e. The Hall–Kier alpha value is -1.08. The monoisotopic (exact) mass is 378 g/mol. The van der Waals surface area contributed by atoms with E-state index >= 15 is 0 Å². The maximum atomic E-state index is 12.0. The van der Waals surface area contributed by atoms with Crippen LogP contribution in [0, 0.1) is 6.92 Å². The largest absolute Gasteiger partial charge is 0.491 e. The lowest BCUT2D eigenvalue weighted by atomic mass is 10.1. The van der Waals surface area contributed by atoms with Gasteiger partial charge in [0.15, 0.2) is 9.84 Å². The van der Waals surface area contributed by atoms with Gasteiger partial charge in [0.1, 0.15) is 17.9 Å². The average Bonchev–Trinajstić information content (AvgIpc) is 2.29. The molecule has 5 nitrogen and oxygen atoms in total. The van der Waals surface area contributed by atoms with Crippen LogP contribution < -0.4 is 4.74 Å². The first-order chi connectivity index (χ1) is 9.45. The van der Waals surface area contributed by atoms with E-state index in [-0.39, 0.29) is 23.7 Å². The van der Waals surface area contributed by atoms with Crippen LogP contribution in [0.25, 0.3) is 0 Å². The molecule has 0 saturated heterocycles. The van der Waals surface area contributed by atoms with Crippen LogP contribution in [0.4, 0.5) is 0 Å². The van der Waals surface area contributed by atoms with E-state index in [1.807, 2.05) is 0 Å². The van der Waals surface area contributed by atoms with Crippen molar-refractivity contribution in [1.29, 1.82) is 0 Å². The molecule has 1 N–H and O–H groups in total.